The van der Waals surface area contributed by atoms with E-state index in [4.69, 9.17) is 4.74 Å². The van der Waals surface area contributed by atoms with Crippen LogP contribution in [0.3, 0.4) is 0 Å². The van der Waals surface area contributed by atoms with Crippen LogP contribution in [0.5, 0.6) is 11.5 Å². The zero-order valence-corrected chi connectivity index (χ0v) is 45.6. The van der Waals surface area contributed by atoms with Gasteiger partial charge < -0.3 is 19.4 Å². The zero-order valence-electron chi connectivity index (χ0n) is 45.6. The molecule has 5 heteroatoms. The molecule has 0 N–H and O–H groups in total. The lowest BCUT2D eigenvalue weighted by atomic mass is 9.33. The number of ether oxygens (including phenoxy) is 1. The van der Waals surface area contributed by atoms with Crippen molar-refractivity contribution in [3.8, 4) is 22.6 Å². The largest absolute Gasteiger partial charge is 0.454 e. The van der Waals surface area contributed by atoms with E-state index in [1.807, 2.05) is 0 Å². The Kier molecular flexibility index (Phi) is 9.09. The summed E-state index contributed by atoms with van der Waals surface area (Å²) in [5.41, 5.74) is 25.5. The van der Waals surface area contributed by atoms with Crippen molar-refractivity contribution in [1.82, 2.24) is 0 Å². The van der Waals surface area contributed by atoms with Crippen LogP contribution < -0.4 is 35.8 Å². The number of rotatable bonds is 1. The summed E-state index contributed by atoms with van der Waals surface area (Å²) in [5.74, 6) is 1.82. The van der Waals surface area contributed by atoms with Gasteiger partial charge in [-0.1, -0.05) is 163 Å². The SMILES string of the molecule is Cc1cc(C(C)(C)C)cc2c1N1c3cc(N4c5ccc(C(C)(C)C)cc5C5(C)CCCCC45C)cc4c3B(c3ccc(c(C)c31)-c1ccccc1O2)c1cc(C(C)(C)C)cc2c1N4C1(C)CCCCC21C. The minimum Gasteiger partial charge on any atom is -0.454 e. The van der Waals surface area contributed by atoms with Gasteiger partial charge in [-0.2, -0.15) is 0 Å². The first-order valence-corrected chi connectivity index (χ1v) is 27.4. The molecule has 2 bridgehead atoms. The second kappa shape index (κ2) is 14.2. The third-order valence-electron chi connectivity index (χ3n) is 20.3. The van der Waals surface area contributed by atoms with Gasteiger partial charge in [-0.3, -0.25) is 0 Å². The number of aryl methyl sites for hydroxylation is 1. The maximum Gasteiger partial charge on any atom is 0.252 e. The summed E-state index contributed by atoms with van der Waals surface area (Å²) in [5, 5.41) is 0. The van der Waals surface area contributed by atoms with Crippen molar-refractivity contribution in [2.24, 2.45) is 0 Å². The van der Waals surface area contributed by atoms with E-state index in [-0.39, 0.29) is 44.9 Å². The van der Waals surface area contributed by atoms with Gasteiger partial charge in [0, 0.05) is 50.5 Å². The molecule has 2 saturated carbocycles. The monoisotopic (exact) mass is 938 g/mol. The van der Waals surface area contributed by atoms with Gasteiger partial charge in [-0.05, 0) is 161 Å². The molecule has 6 aromatic carbocycles. The van der Waals surface area contributed by atoms with Crippen molar-refractivity contribution < 1.29 is 4.74 Å². The number of nitrogens with zero attached hydrogens (tertiary/aromatic N) is 3. The van der Waals surface area contributed by atoms with Crippen molar-refractivity contribution in [3.63, 3.8) is 0 Å². The molecule has 0 spiro atoms. The van der Waals surface area contributed by atoms with Gasteiger partial charge in [0.25, 0.3) is 6.71 Å². The van der Waals surface area contributed by atoms with Crippen LogP contribution in [0.15, 0.2) is 91.0 Å². The van der Waals surface area contributed by atoms with Crippen molar-refractivity contribution in [2.45, 2.75) is 193 Å². The van der Waals surface area contributed by atoms with Crippen LogP contribution >= 0.6 is 0 Å². The Bertz CT molecular complexity index is 3320. The topological polar surface area (TPSA) is 19.0 Å². The molecule has 5 aliphatic heterocycles. The smallest absolute Gasteiger partial charge is 0.252 e. The summed E-state index contributed by atoms with van der Waals surface area (Å²) >= 11 is 0. The molecule has 2 fully saturated rings. The third kappa shape index (κ3) is 5.76. The number of para-hydroxylation sites is 1. The standard InChI is InChI=1S/C66H76BN3O/c1-39-32-42(61(6,7)8)36-55-57(39)68-52-37-44(69-51-27-24-41(60(3,4)5)33-47(51)63(12)28-18-20-30-65(63,69)14)38-53-56(52)67(49-26-25-45(40(2)58(49)68)46-22-16-17-23-54(46)71-55)50-35-43(62(9,10)11)34-48-59(50)70(53)66(15)31-21-19-29-64(48,66)13/h16-17,22-27,32-38H,18-21,28-31H2,1-15H3. The van der Waals surface area contributed by atoms with Crippen LogP contribution in [-0.2, 0) is 27.1 Å². The molecule has 364 valence electrons. The normalized spacial score (nSPS) is 25.5. The van der Waals surface area contributed by atoms with Gasteiger partial charge >= 0.3 is 0 Å². The highest BCUT2D eigenvalue weighted by Gasteiger charge is 2.63. The minimum atomic E-state index is -0.123. The second-order valence-corrected chi connectivity index (χ2v) is 27.3. The Balaban J connectivity index is 1.20. The first-order chi connectivity index (χ1) is 33.4. The molecule has 0 amide bonds. The van der Waals surface area contributed by atoms with Crippen molar-refractivity contribution in [2.75, 3.05) is 14.7 Å². The number of hydrogen-bond donors (Lipinski definition) is 0. The summed E-state index contributed by atoms with van der Waals surface area (Å²) in [6.07, 6.45) is 9.71. The lowest BCUT2D eigenvalue weighted by molar-refractivity contribution is 0.194. The van der Waals surface area contributed by atoms with Crippen LogP contribution in [-0.4, -0.2) is 17.8 Å². The highest BCUT2D eigenvalue weighted by atomic mass is 16.5. The first kappa shape index (κ1) is 45.4. The molecule has 4 unspecified atom stereocenters. The van der Waals surface area contributed by atoms with E-state index in [0.717, 1.165) is 35.6 Å². The average Bonchev–Trinajstić information content (AvgIpc) is 3.66. The van der Waals surface area contributed by atoms with E-state index in [0.29, 0.717) is 0 Å². The summed E-state index contributed by atoms with van der Waals surface area (Å²) in [6, 6.07) is 36.8. The van der Waals surface area contributed by atoms with Gasteiger partial charge in [0.2, 0.25) is 0 Å². The van der Waals surface area contributed by atoms with Gasteiger partial charge in [-0.25, -0.2) is 0 Å². The molecule has 4 atom stereocenters. The lowest BCUT2D eigenvalue weighted by Crippen LogP contribution is -2.65. The number of anilines is 7. The highest BCUT2D eigenvalue weighted by molar-refractivity contribution is 7.00. The molecular weight excluding hydrogens is 862 g/mol. The quantitative estimate of drug-likeness (QED) is 0.153. The third-order valence-corrected chi connectivity index (χ3v) is 20.3. The fourth-order valence-corrected chi connectivity index (χ4v) is 15.7. The van der Waals surface area contributed by atoms with Crippen LogP contribution in [0.2, 0.25) is 0 Å². The molecule has 71 heavy (non-hydrogen) atoms. The number of benzene rings is 6. The molecule has 7 aliphatic rings. The van der Waals surface area contributed by atoms with Crippen molar-refractivity contribution in [3.05, 3.63) is 130 Å². The highest BCUT2D eigenvalue weighted by Crippen LogP contribution is 2.66. The average molecular weight is 938 g/mol. The van der Waals surface area contributed by atoms with E-state index in [1.54, 1.807) is 5.56 Å². The molecule has 13 rings (SSSR count). The minimum absolute atomic E-state index is 0.00903. The Morgan fingerprint density at radius 3 is 1.79 bits per heavy atom. The Morgan fingerprint density at radius 2 is 1.10 bits per heavy atom. The van der Waals surface area contributed by atoms with E-state index < -0.39 is 0 Å². The second-order valence-electron chi connectivity index (χ2n) is 27.3. The van der Waals surface area contributed by atoms with Crippen LogP contribution in [0, 0.1) is 13.8 Å². The van der Waals surface area contributed by atoms with E-state index >= 15 is 0 Å². The molecule has 4 nitrogen and oxygen atoms in total. The fourth-order valence-electron chi connectivity index (χ4n) is 15.7. The van der Waals surface area contributed by atoms with Gasteiger partial charge in [0.15, 0.2) is 5.75 Å². The molecule has 5 heterocycles. The van der Waals surface area contributed by atoms with Crippen LogP contribution in [0.4, 0.5) is 39.8 Å². The fraction of sp³-hybridized carbons (Fsp3) is 0.455. The maximum atomic E-state index is 7.46. The predicted molar refractivity (Wildman–Crippen MR) is 302 cm³/mol. The summed E-state index contributed by atoms with van der Waals surface area (Å²) in [4.78, 5) is 8.54. The Labute approximate surface area is 426 Å². The molecule has 6 aromatic rings. The first-order valence-electron chi connectivity index (χ1n) is 27.4. The molecule has 0 radical (unpaired) electrons. The number of fused-ring (bicyclic) bond motifs is 15. The molecule has 2 aliphatic carbocycles. The molecule has 0 saturated heterocycles. The van der Waals surface area contributed by atoms with Crippen LogP contribution in [0.1, 0.15) is 180 Å². The lowest BCUT2D eigenvalue weighted by Gasteiger charge is -2.54. The summed E-state index contributed by atoms with van der Waals surface area (Å²) in [6.45, 7) is 36.7. The number of hydrogen-bond acceptors (Lipinski definition) is 4. The maximum absolute atomic E-state index is 7.46. The molecular formula is C66H76BN3O. The Hall–Kier alpha value is -5.42. The van der Waals surface area contributed by atoms with Crippen molar-refractivity contribution >= 4 is 62.9 Å². The van der Waals surface area contributed by atoms with Gasteiger partial charge in [-0.15, -0.1) is 0 Å². The van der Waals surface area contributed by atoms with Crippen molar-refractivity contribution in [1.29, 1.82) is 0 Å². The summed E-state index contributed by atoms with van der Waals surface area (Å²) in [7, 11) is 0. The van der Waals surface area contributed by atoms with Gasteiger partial charge in [0.05, 0.1) is 16.8 Å². The predicted octanol–water partition coefficient (Wildman–Crippen LogP) is 16.1. The van der Waals surface area contributed by atoms with E-state index in [9.17, 15) is 0 Å². The van der Waals surface area contributed by atoms with E-state index in [2.05, 4.69) is 210 Å². The van der Waals surface area contributed by atoms with E-state index in [1.165, 1.54) is 128 Å². The zero-order chi connectivity index (χ0) is 49.9. The molecule has 0 aromatic heterocycles. The Morgan fingerprint density at radius 1 is 0.493 bits per heavy atom. The summed E-state index contributed by atoms with van der Waals surface area (Å²) < 4.78 is 7.46. The van der Waals surface area contributed by atoms with Crippen LogP contribution in [0.25, 0.3) is 11.1 Å². The van der Waals surface area contributed by atoms with Gasteiger partial charge in [0.1, 0.15) is 5.75 Å².